The van der Waals surface area contributed by atoms with Crippen LogP contribution in [0.4, 0.5) is 0 Å². The Kier molecular flexibility index (Phi) is 6.11. The second kappa shape index (κ2) is 8.93. The molecule has 0 spiro atoms. The van der Waals surface area contributed by atoms with Crippen molar-refractivity contribution < 1.29 is 12.9 Å². The number of sulfonamides is 1. The van der Waals surface area contributed by atoms with Gasteiger partial charge in [-0.15, -0.1) is 0 Å². The first-order valence-corrected chi connectivity index (χ1v) is 11.6. The summed E-state index contributed by atoms with van der Waals surface area (Å²) in [6.07, 6.45) is 3.98. The Morgan fingerprint density at radius 2 is 1.90 bits per heavy atom. The lowest BCUT2D eigenvalue weighted by molar-refractivity contribution is 0.248. The fraction of sp³-hybridized carbons (Fsp3) is 0.304. The molecule has 0 radical (unpaired) electrons. The molecule has 2 aromatic carbocycles. The van der Waals surface area contributed by atoms with Gasteiger partial charge in [0.1, 0.15) is 0 Å². The number of hydrogen-bond acceptors (Lipinski definition) is 5. The molecule has 1 aromatic heterocycles. The first-order valence-electron chi connectivity index (χ1n) is 10.1. The lowest BCUT2D eigenvalue weighted by atomic mass is 9.96. The molecule has 7 heteroatoms. The lowest BCUT2D eigenvalue weighted by Gasteiger charge is -2.30. The van der Waals surface area contributed by atoms with Crippen LogP contribution in [0.3, 0.4) is 0 Å². The fourth-order valence-electron chi connectivity index (χ4n) is 3.76. The molecule has 1 aliphatic rings. The average Bonchev–Trinajstić information content (AvgIpc) is 3.22. The van der Waals surface area contributed by atoms with Crippen molar-refractivity contribution in [3.8, 4) is 11.4 Å². The Hall–Kier alpha value is -2.77. The average molecular weight is 424 g/mol. The minimum absolute atomic E-state index is 0.156. The molecule has 1 saturated heterocycles. The monoisotopic (exact) mass is 423 g/mol. The fourth-order valence-corrected chi connectivity index (χ4v) is 5.06. The van der Waals surface area contributed by atoms with E-state index in [0.717, 1.165) is 29.5 Å². The van der Waals surface area contributed by atoms with Crippen LogP contribution in [0.2, 0.25) is 0 Å². The van der Waals surface area contributed by atoms with E-state index in [1.54, 1.807) is 10.4 Å². The summed E-state index contributed by atoms with van der Waals surface area (Å²) in [4.78, 5) is 4.54. The minimum atomic E-state index is -3.46. The maximum atomic E-state index is 12.8. The van der Waals surface area contributed by atoms with Crippen LogP contribution in [-0.2, 0) is 16.4 Å². The van der Waals surface area contributed by atoms with E-state index in [4.69, 9.17) is 4.52 Å². The Morgan fingerprint density at radius 3 is 2.70 bits per heavy atom. The van der Waals surface area contributed by atoms with Crippen molar-refractivity contribution in [2.45, 2.75) is 26.2 Å². The molecular formula is C23H25N3O3S. The number of nitrogens with zero attached hydrogens (tertiary/aromatic N) is 3. The Morgan fingerprint density at radius 1 is 1.13 bits per heavy atom. The van der Waals surface area contributed by atoms with Crippen molar-refractivity contribution in [3.05, 3.63) is 77.0 Å². The van der Waals surface area contributed by atoms with Gasteiger partial charge >= 0.3 is 0 Å². The molecule has 0 bridgehead atoms. The second-order valence-corrected chi connectivity index (χ2v) is 9.47. The quantitative estimate of drug-likeness (QED) is 0.591. The molecule has 156 valence electrons. The molecular weight excluding hydrogens is 398 g/mol. The highest BCUT2D eigenvalue weighted by molar-refractivity contribution is 7.92. The zero-order valence-corrected chi connectivity index (χ0v) is 17.8. The molecule has 30 heavy (non-hydrogen) atoms. The van der Waals surface area contributed by atoms with Crippen LogP contribution in [0.1, 0.15) is 29.9 Å². The third kappa shape index (κ3) is 4.86. The number of aryl methyl sites for hydroxylation is 1. The third-order valence-electron chi connectivity index (χ3n) is 5.39. The van der Waals surface area contributed by atoms with E-state index in [0.29, 0.717) is 31.2 Å². The van der Waals surface area contributed by atoms with Gasteiger partial charge in [0.2, 0.25) is 21.7 Å². The van der Waals surface area contributed by atoms with Crippen LogP contribution in [0.25, 0.3) is 17.5 Å². The molecule has 0 N–H and O–H groups in total. The Labute approximate surface area is 177 Å². The van der Waals surface area contributed by atoms with Gasteiger partial charge in [0, 0.05) is 30.5 Å². The maximum Gasteiger partial charge on any atom is 0.236 e. The molecule has 1 aliphatic heterocycles. The van der Waals surface area contributed by atoms with Gasteiger partial charge in [-0.05, 0) is 42.9 Å². The summed E-state index contributed by atoms with van der Waals surface area (Å²) < 4.78 is 32.6. The van der Waals surface area contributed by atoms with Crippen LogP contribution in [0.5, 0.6) is 0 Å². The SMILES string of the molecule is Cc1ccccc1-c1noc(C[C@H]2CCCN(S(=O)(=O)/C=C/c3ccccc3)C2)n1. The van der Waals surface area contributed by atoms with Crippen LogP contribution >= 0.6 is 0 Å². The second-order valence-electron chi connectivity index (χ2n) is 7.66. The zero-order chi connectivity index (χ0) is 21.0. The van der Waals surface area contributed by atoms with E-state index in [9.17, 15) is 8.42 Å². The highest BCUT2D eigenvalue weighted by atomic mass is 32.2. The predicted molar refractivity (Wildman–Crippen MR) is 117 cm³/mol. The summed E-state index contributed by atoms with van der Waals surface area (Å²) in [5, 5.41) is 5.41. The molecule has 0 unspecified atom stereocenters. The largest absolute Gasteiger partial charge is 0.339 e. The van der Waals surface area contributed by atoms with Crippen molar-refractivity contribution in [2.24, 2.45) is 5.92 Å². The van der Waals surface area contributed by atoms with Crippen LogP contribution in [0.15, 0.2) is 64.5 Å². The number of aromatic nitrogens is 2. The summed E-state index contributed by atoms with van der Waals surface area (Å²) in [6, 6.07) is 17.4. The summed E-state index contributed by atoms with van der Waals surface area (Å²) in [5.41, 5.74) is 2.90. The van der Waals surface area contributed by atoms with Gasteiger partial charge in [-0.3, -0.25) is 0 Å². The van der Waals surface area contributed by atoms with Gasteiger partial charge < -0.3 is 4.52 Å². The number of hydrogen-bond donors (Lipinski definition) is 0. The summed E-state index contributed by atoms with van der Waals surface area (Å²) >= 11 is 0. The molecule has 1 fully saturated rings. The zero-order valence-electron chi connectivity index (χ0n) is 16.9. The summed E-state index contributed by atoms with van der Waals surface area (Å²) in [5.74, 6) is 1.29. The maximum absolute atomic E-state index is 12.8. The minimum Gasteiger partial charge on any atom is -0.339 e. The normalized spacial score (nSPS) is 18.1. The topological polar surface area (TPSA) is 76.3 Å². The highest BCUT2D eigenvalue weighted by Crippen LogP contribution is 2.25. The van der Waals surface area contributed by atoms with Gasteiger partial charge in [0.05, 0.1) is 0 Å². The Bertz CT molecular complexity index is 1120. The lowest BCUT2D eigenvalue weighted by Crippen LogP contribution is -2.39. The van der Waals surface area contributed by atoms with E-state index in [2.05, 4.69) is 10.1 Å². The van der Waals surface area contributed by atoms with E-state index in [1.165, 1.54) is 5.41 Å². The molecule has 6 nitrogen and oxygen atoms in total. The molecule has 0 saturated carbocycles. The van der Waals surface area contributed by atoms with E-state index in [1.807, 2.05) is 61.5 Å². The molecule has 3 aromatic rings. The number of benzene rings is 2. The van der Waals surface area contributed by atoms with E-state index in [-0.39, 0.29) is 5.92 Å². The number of rotatable bonds is 6. The van der Waals surface area contributed by atoms with Crippen molar-refractivity contribution in [1.29, 1.82) is 0 Å². The van der Waals surface area contributed by atoms with E-state index < -0.39 is 10.0 Å². The summed E-state index contributed by atoms with van der Waals surface area (Å²) in [7, 11) is -3.46. The van der Waals surface area contributed by atoms with Crippen LogP contribution in [0, 0.1) is 12.8 Å². The van der Waals surface area contributed by atoms with Crippen molar-refractivity contribution in [3.63, 3.8) is 0 Å². The molecule has 2 heterocycles. The van der Waals surface area contributed by atoms with Crippen LogP contribution in [-0.4, -0.2) is 36.0 Å². The smallest absolute Gasteiger partial charge is 0.236 e. The van der Waals surface area contributed by atoms with Gasteiger partial charge in [-0.2, -0.15) is 9.29 Å². The predicted octanol–water partition coefficient (Wildman–Crippen LogP) is 4.30. The summed E-state index contributed by atoms with van der Waals surface area (Å²) in [6.45, 7) is 3.01. The van der Waals surface area contributed by atoms with Crippen molar-refractivity contribution in [1.82, 2.24) is 14.4 Å². The van der Waals surface area contributed by atoms with Crippen LogP contribution < -0.4 is 0 Å². The van der Waals surface area contributed by atoms with Crippen molar-refractivity contribution >= 4 is 16.1 Å². The van der Waals surface area contributed by atoms with Gasteiger partial charge in [0.15, 0.2) is 0 Å². The molecule has 0 amide bonds. The molecule has 4 rings (SSSR count). The first-order chi connectivity index (χ1) is 14.5. The standard InChI is InChI=1S/C23H25N3O3S/c1-18-8-5-6-12-21(18)23-24-22(29-25-23)16-20-11-7-14-26(17-20)30(27,28)15-13-19-9-3-2-4-10-19/h2-6,8-10,12-13,15,20H,7,11,14,16-17H2,1H3/b15-13+/t20-/m1/s1. The molecule has 0 aliphatic carbocycles. The van der Waals surface area contributed by atoms with Crippen molar-refractivity contribution in [2.75, 3.05) is 13.1 Å². The van der Waals surface area contributed by atoms with Gasteiger partial charge in [-0.1, -0.05) is 59.8 Å². The Balaban J connectivity index is 1.42. The van der Waals surface area contributed by atoms with E-state index >= 15 is 0 Å². The molecule has 1 atom stereocenters. The highest BCUT2D eigenvalue weighted by Gasteiger charge is 2.28. The third-order valence-corrected chi connectivity index (χ3v) is 6.92. The van der Waals surface area contributed by atoms with Gasteiger partial charge in [0.25, 0.3) is 0 Å². The number of piperidine rings is 1. The first kappa shape index (κ1) is 20.5. The van der Waals surface area contributed by atoms with Gasteiger partial charge in [-0.25, -0.2) is 8.42 Å².